The Morgan fingerprint density at radius 2 is 2.05 bits per heavy atom. The van der Waals surface area contributed by atoms with Crippen molar-refractivity contribution < 1.29 is 14.7 Å². The minimum absolute atomic E-state index is 0.229. The fraction of sp³-hybridized carbons (Fsp3) is 0.286. The third-order valence-electron chi connectivity index (χ3n) is 2.94. The molecule has 6 heteroatoms. The summed E-state index contributed by atoms with van der Waals surface area (Å²) in [6.07, 6.45) is 2.56. The number of aryl methyl sites for hydroxylation is 1. The molecule has 106 valence electrons. The molecule has 0 radical (unpaired) electrons. The third-order valence-corrected chi connectivity index (χ3v) is 2.94. The van der Waals surface area contributed by atoms with Gasteiger partial charge < -0.3 is 4.74 Å². The van der Waals surface area contributed by atoms with E-state index in [0.717, 1.165) is 17.1 Å². The number of amides is 1. The lowest BCUT2D eigenvalue weighted by Gasteiger charge is -2.06. The molecule has 0 bridgehead atoms. The highest BCUT2D eigenvalue weighted by Crippen LogP contribution is 2.14. The second kappa shape index (κ2) is 6.21. The van der Waals surface area contributed by atoms with Gasteiger partial charge >= 0.3 is 0 Å². The van der Waals surface area contributed by atoms with Crippen molar-refractivity contribution in [1.29, 1.82) is 0 Å². The molecule has 1 aromatic heterocycles. The Kier molecular flexibility index (Phi) is 4.37. The predicted molar refractivity (Wildman–Crippen MR) is 73.0 cm³/mol. The van der Waals surface area contributed by atoms with Crippen molar-refractivity contribution in [2.45, 2.75) is 12.8 Å². The molecule has 1 N–H and O–H groups in total. The summed E-state index contributed by atoms with van der Waals surface area (Å²) in [5, 5.41) is 14.0. The molecule has 0 aliphatic heterocycles. The van der Waals surface area contributed by atoms with Gasteiger partial charge in [-0.2, -0.15) is 5.10 Å². The quantitative estimate of drug-likeness (QED) is 0.665. The highest BCUT2D eigenvalue weighted by atomic mass is 16.5. The number of carbonyl (C=O) groups is 1. The summed E-state index contributed by atoms with van der Waals surface area (Å²) in [5.41, 5.74) is 1.72. The molecule has 0 saturated carbocycles. The first-order valence-corrected chi connectivity index (χ1v) is 6.24. The van der Waals surface area contributed by atoms with E-state index < -0.39 is 0 Å². The molecule has 2 rings (SSSR count). The largest absolute Gasteiger partial charge is 0.497 e. The van der Waals surface area contributed by atoms with E-state index in [-0.39, 0.29) is 12.3 Å². The van der Waals surface area contributed by atoms with Crippen LogP contribution >= 0.6 is 0 Å². The van der Waals surface area contributed by atoms with Gasteiger partial charge in [0.15, 0.2) is 0 Å². The molecule has 20 heavy (non-hydrogen) atoms. The van der Waals surface area contributed by atoms with Crippen LogP contribution in [0.5, 0.6) is 5.75 Å². The molecular weight excluding hydrogens is 258 g/mol. The lowest BCUT2D eigenvalue weighted by Crippen LogP contribution is -2.22. The van der Waals surface area contributed by atoms with Gasteiger partial charge in [0.25, 0.3) is 0 Å². The monoisotopic (exact) mass is 275 g/mol. The topological polar surface area (TPSA) is 67.6 Å². The Morgan fingerprint density at radius 3 is 2.65 bits per heavy atom. The average Bonchev–Trinajstić information content (AvgIpc) is 2.93. The molecule has 0 aliphatic rings. The second-order valence-electron chi connectivity index (χ2n) is 4.37. The van der Waals surface area contributed by atoms with Gasteiger partial charge in [0.1, 0.15) is 5.75 Å². The van der Waals surface area contributed by atoms with Gasteiger partial charge in [0.2, 0.25) is 5.91 Å². The summed E-state index contributed by atoms with van der Waals surface area (Å²) in [6, 6.07) is 9.39. The smallest absolute Gasteiger partial charge is 0.246 e. The fourth-order valence-electron chi connectivity index (χ4n) is 1.77. The minimum atomic E-state index is -0.330. The Hall–Kier alpha value is -2.34. The molecule has 2 aromatic rings. The first-order chi connectivity index (χ1) is 9.60. The van der Waals surface area contributed by atoms with Gasteiger partial charge in [0, 0.05) is 26.1 Å². The molecule has 0 spiro atoms. The van der Waals surface area contributed by atoms with Crippen LogP contribution in [0.4, 0.5) is 0 Å². The Bertz CT molecular complexity index is 576. The van der Waals surface area contributed by atoms with Crippen molar-refractivity contribution in [3.63, 3.8) is 0 Å². The second-order valence-corrected chi connectivity index (χ2v) is 4.37. The number of hydrogen-bond acceptors (Lipinski definition) is 4. The lowest BCUT2D eigenvalue weighted by molar-refractivity contribution is -0.159. The number of hydroxylamine groups is 2. The zero-order valence-corrected chi connectivity index (χ0v) is 11.5. The number of ether oxygens (including phenoxy) is 1. The van der Waals surface area contributed by atoms with Crippen LogP contribution in [0.15, 0.2) is 36.5 Å². The summed E-state index contributed by atoms with van der Waals surface area (Å²) < 4.78 is 6.84. The molecule has 1 aromatic carbocycles. The number of aromatic nitrogens is 2. The number of carbonyl (C=O) groups excluding carboxylic acids is 1. The zero-order chi connectivity index (χ0) is 14.5. The summed E-state index contributed by atoms with van der Waals surface area (Å²) in [7, 11) is 2.94. The van der Waals surface area contributed by atoms with Crippen molar-refractivity contribution in [3.05, 3.63) is 42.2 Å². The number of methoxy groups -OCH3 is 1. The van der Waals surface area contributed by atoms with Crippen LogP contribution < -0.4 is 4.74 Å². The first kappa shape index (κ1) is 14.1. The number of nitrogens with zero attached hydrogens (tertiary/aromatic N) is 3. The van der Waals surface area contributed by atoms with Gasteiger partial charge in [-0.3, -0.25) is 10.0 Å². The molecular formula is C14H17N3O3. The van der Waals surface area contributed by atoms with Gasteiger partial charge in [-0.15, -0.1) is 0 Å². The van der Waals surface area contributed by atoms with Crippen LogP contribution in [0.25, 0.3) is 5.69 Å². The SMILES string of the molecule is COc1ccc(-n2ccc(CCC(=O)N(C)O)n2)cc1. The summed E-state index contributed by atoms with van der Waals surface area (Å²) in [6.45, 7) is 0. The van der Waals surface area contributed by atoms with Crippen molar-refractivity contribution in [2.75, 3.05) is 14.2 Å². The maximum atomic E-state index is 11.3. The Labute approximate surface area is 117 Å². The summed E-state index contributed by atoms with van der Waals surface area (Å²) >= 11 is 0. The molecule has 1 heterocycles. The Morgan fingerprint density at radius 1 is 1.35 bits per heavy atom. The maximum absolute atomic E-state index is 11.3. The van der Waals surface area contributed by atoms with Crippen molar-refractivity contribution in [3.8, 4) is 11.4 Å². The molecule has 6 nitrogen and oxygen atoms in total. The zero-order valence-electron chi connectivity index (χ0n) is 11.5. The van der Waals surface area contributed by atoms with Crippen LogP contribution in [0.3, 0.4) is 0 Å². The minimum Gasteiger partial charge on any atom is -0.497 e. The van der Waals surface area contributed by atoms with Crippen LogP contribution in [-0.4, -0.2) is 40.1 Å². The highest BCUT2D eigenvalue weighted by molar-refractivity contribution is 5.74. The highest BCUT2D eigenvalue weighted by Gasteiger charge is 2.08. The van der Waals surface area contributed by atoms with Gasteiger partial charge in [-0.05, 0) is 30.3 Å². The molecule has 0 fully saturated rings. The molecule has 0 atom stereocenters. The first-order valence-electron chi connectivity index (χ1n) is 6.24. The fourth-order valence-corrected chi connectivity index (χ4v) is 1.77. The summed E-state index contributed by atoms with van der Waals surface area (Å²) in [4.78, 5) is 11.3. The maximum Gasteiger partial charge on any atom is 0.246 e. The Balaban J connectivity index is 2.02. The molecule has 0 unspecified atom stereocenters. The molecule has 1 amide bonds. The van der Waals surface area contributed by atoms with E-state index in [9.17, 15) is 4.79 Å². The van der Waals surface area contributed by atoms with Gasteiger partial charge in [0.05, 0.1) is 18.5 Å². The van der Waals surface area contributed by atoms with E-state index in [1.54, 1.807) is 11.8 Å². The van der Waals surface area contributed by atoms with E-state index in [1.165, 1.54) is 7.05 Å². The van der Waals surface area contributed by atoms with Crippen molar-refractivity contribution in [2.24, 2.45) is 0 Å². The number of rotatable bonds is 5. The predicted octanol–water partition coefficient (Wildman–Crippen LogP) is 1.66. The van der Waals surface area contributed by atoms with Gasteiger partial charge in [-0.25, -0.2) is 9.75 Å². The lowest BCUT2D eigenvalue weighted by atomic mass is 10.2. The standard InChI is InChI=1S/C14H17N3O3/c1-16(19)14(18)8-3-11-9-10-17(15-11)12-4-6-13(20-2)7-5-12/h4-7,9-10,19H,3,8H2,1-2H3. The average molecular weight is 275 g/mol. The van der Waals surface area contributed by atoms with Crippen molar-refractivity contribution in [1.82, 2.24) is 14.8 Å². The van der Waals surface area contributed by atoms with Crippen LogP contribution in [-0.2, 0) is 11.2 Å². The van der Waals surface area contributed by atoms with E-state index >= 15 is 0 Å². The summed E-state index contributed by atoms with van der Waals surface area (Å²) in [5.74, 6) is 0.460. The number of hydrogen-bond donors (Lipinski definition) is 1. The van der Waals surface area contributed by atoms with Crippen LogP contribution in [0.2, 0.25) is 0 Å². The van der Waals surface area contributed by atoms with E-state index in [2.05, 4.69) is 5.10 Å². The van der Waals surface area contributed by atoms with Crippen LogP contribution in [0.1, 0.15) is 12.1 Å². The van der Waals surface area contributed by atoms with E-state index in [1.807, 2.05) is 36.5 Å². The van der Waals surface area contributed by atoms with Crippen LogP contribution in [0, 0.1) is 0 Å². The van der Waals surface area contributed by atoms with E-state index in [4.69, 9.17) is 9.94 Å². The van der Waals surface area contributed by atoms with E-state index in [0.29, 0.717) is 11.5 Å². The van der Waals surface area contributed by atoms with Gasteiger partial charge in [-0.1, -0.05) is 0 Å². The van der Waals surface area contributed by atoms with Crippen molar-refractivity contribution >= 4 is 5.91 Å². The normalized spacial score (nSPS) is 10.3. The number of benzene rings is 1. The molecule has 0 aliphatic carbocycles. The third kappa shape index (κ3) is 3.36. The molecule has 0 saturated heterocycles.